The molecule has 0 spiro atoms. The Kier molecular flexibility index (Phi) is 4.12. The molecule has 1 amide bonds. The number of rotatable bonds is 3. The van der Waals surface area contributed by atoms with E-state index in [0.717, 1.165) is 55.6 Å². The van der Waals surface area contributed by atoms with Crippen LogP contribution in [0.25, 0.3) is 0 Å². The summed E-state index contributed by atoms with van der Waals surface area (Å²) in [5.41, 5.74) is 3.33. The van der Waals surface area contributed by atoms with Gasteiger partial charge in [-0.2, -0.15) is 5.10 Å². The second-order valence-corrected chi connectivity index (χ2v) is 7.56. The van der Waals surface area contributed by atoms with E-state index in [0.29, 0.717) is 12.5 Å². The number of hydrogen-bond donors (Lipinski definition) is 0. The summed E-state index contributed by atoms with van der Waals surface area (Å²) < 4.78 is 2.09. The van der Waals surface area contributed by atoms with Crippen molar-refractivity contribution in [2.75, 3.05) is 26.2 Å². The molecule has 1 aromatic heterocycles. The fourth-order valence-corrected chi connectivity index (χ4v) is 4.68. The molecule has 4 rings (SSSR count). The number of likely N-dealkylation sites (tertiary alicyclic amines) is 1. The molecule has 1 aromatic rings. The number of amidine groups is 1. The van der Waals surface area contributed by atoms with Crippen molar-refractivity contribution in [2.24, 2.45) is 4.99 Å². The minimum absolute atomic E-state index is 0.220. The van der Waals surface area contributed by atoms with Crippen molar-refractivity contribution >= 4 is 22.8 Å². The number of aryl methyl sites for hydroxylation is 2. The number of fused-ring (bicyclic) bond motifs is 1. The van der Waals surface area contributed by atoms with E-state index in [-0.39, 0.29) is 5.91 Å². The topological polar surface area (TPSA) is 53.7 Å². The standard InChI is InChI=1S/C17H23N5OS/c1-12-8-13(2)22(19-12)14-4-7-20(10-14)16(23)9-15-11-24-17-18-5-3-6-21(15)17/h8,11,14H,3-7,9-10H2,1-2H3/t14-/m1/s1. The number of thioether (sulfide) groups is 1. The molecule has 1 atom stereocenters. The molecule has 0 radical (unpaired) electrons. The van der Waals surface area contributed by atoms with Gasteiger partial charge in [0, 0.05) is 37.6 Å². The van der Waals surface area contributed by atoms with Gasteiger partial charge in [-0.3, -0.25) is 14.5 Å². The lowest BCUT2D eigenvalue weighted by Crippen LogP contribution is -2.34. The minimum atomic E-state index is 0.220. The van der Waals surface area contributed by atoms with Gasteiger partial charge >= 0.3 is 0 Å². The molecule has 0 saturated carbocycles. The molecule has 0 aliphatic carbocycles. The maximum atomic E-state index is 12.7. The molecule has 0 unspecified atom stereocenters. The van der Waals surface area contributed by atoms with Gasteiger partial charge in [-0.15, -0.1) is 0 Å². The highest BCUT2D eigenvalue weighted by molar-refractivity contribution is 8.16. The third kappa shape index (κ3) is 2.85. The molecule has 1 fully saturated rings. The first-order valence-corrected chi connectivity index (χ1v) is 9.48. The summed E-state index contributed by atoms with van der Waals surface area (Å²) in [6, 6.07) is 2.41. The number of carbonyl (C=O) groups excluding carboxylic acids is 1. The van der Waals surface area contributed by atoms with Crippen LogP contribution in [-0.4, -0.2) is 56.8 Å². The molecule has 3 aliphatic rings. The molecular weight excluding hydrogens is 322 g/mol. The number of nitrogens with zero attached hydrogens (tertiary/aromatic N) is 5. The molecular formula is C17H23N5OS. The normalized spacial score (nSPS) is 23.3. The molecule has 24 heavy (non-hydrogen) atoms. The van der Waals surface area contributed by atoms with E-state index in [1.165, 1.54) is 5.69 Å². The van der Waals surface area contributed by atoms with Crippen LogP contribution in [-0.2, 0) is 4.79 Å². The first kappa shape index (κ1) is 15.7. The van der Waals surface area contributed by atoms with Gasteiger partial charge in [0.25, 0.3) is 0 Å². The first-order valence-electron chi connectivity index (χ1n) is 8.60. The second-order valence-electron chi connectivity index (χ2n) is 6.73. The monoisotopic (exact) mass is 345 g/mol. The fraction of sp³-hybridized carbons (Fsp3) is 0.588. The zero-order valence-electron chi connectivity index (χ0n) is 14.2. The van der Waals surface area contributed by atoms with Crippen LogP contribution in [0.1, 0.15) is 36.7 Å². The summed E-state index contributed by atoms with van der Waals surface area (Å²) in [4.78, 5) is 21.5. The second kappa shape index (κ2) is 6.27. The Balaban J connectivity index is 1.39. The minimum Gasteiger partial charge on any atom is -0.340 e. The highest BCUT2D eigenvalue weighted by atomic mass is 32.2. The van der Waals surface area contributed by atoms with E-state index in [1.807, 2.05) is 11.8 Å². The molecule has 128 valence electrons. The van der Waals surface area contributed by atoms with Crippen LogP contribution < -0.4 is 0 Å². The summed E-state index contributed by atoms with van der Waals surface area (Å²) in [5.74, 6) is 0.220. The van der Waals surface area contributed by atoms with Gasteiger partial charge in [-0.25, -0.2) is 0 Å². The third-order valence-electron chi connectivity index (χ3n) is 4.90. The van der Waals surface area contributed by atoms with Gasteiger partial charge < -0.3 is 9.80 Å². The van der Waals surface area contributed by atoms with Crippen LogP contribution in [0.3, 0.4) is 0 Å². The first-order chi connectivity index (χ1) is 11.6. The smallest absolute Gasteiger partial charge is 0.228 e. The van der Waals surface area contributed by atoms with Crippen molar-refractivity contribution in [3.63, 3.8) is 0 Å². The number of aromatic nitrogens is 2. The van der Waals surface area contributed by atoms with E-state index in [1.54, 1.807) is 11.8 Å². The van der Waals surface area contributed by atoms with E-state index in [2.05, 4.69) is 38.1 Å². The van der Waals surface area contributed by atoms with Crippen LogP contribution >= 0.6 is 11.8 Å². The van der Waals surface area contributed by atoms with Crippen molar-refractivity contribution < 1.29 is 4.79 Å². The summed E-state index contributed by atoms with van der Waals surface area (Å²) in [7, 11) is 0. The zero-order chi connectivity index (χ0) is 16.7. The van der Waals surface area contributed by atoms with E-state index in [4.69, 9.17) is 0 Å². The lowest BCUT2D eigenvalue weighted by Gasteiger charge is -2.26. The van der Waals surface area contributed by atoms with Crippen LogP contribution in [0.5, 0.6) is 0 Å². The Labute approximate surface area is 146 Å². The van der Waals surface area contributed by atoms with Crippen molar-refractivity contribution in [3.8, 4) is 0 Å². The summed E-state index contributed by atoms with van der Waals surface area (Å²) in [6.45, 7) is 7.58. The molecule has 3 aliphatic heterocycles. The van der Waals surface area contributed by atoms with Crippen molar-refractivity contribution in [1.29, 1.82) is 0 Å². The molecule has 0 bridgehead atoms. The zero-order valence-corrected chi connectivity index (χ0v) is 15.1. The fourth-order valence-electron chi connectivity index (χ4n) is 3.72. The van der Waals surface area contributed by atoms with Gasteiger partial charge in [0.15, 0.2) is 5.17 Å². The van der Waals surface area contributed by atoms with Gasteiger partial charge in [-0.1, -0.05) is 11.8 Å². The lowest BCUT2D eigenvalue weighted by atomic mass is 10.2. The van der Waals surface area contributed by atoms with Crippen LogP contribution in [0.2, 0.25) is 0 Å². The Morgan fingerprint density at radius 1 is 1.38 bits per heavy atom. The average molecular weight is 345 g/mol. The van der Waals surface area contributed by atoms with Gasteiger partial charge in [0.2, 0.25) is 5.91 Å². The number of hydrogen-bond acceptors (Lipinski definition) is 5. The SMILES string of the molecule is Cc1cc(C)n([C@@H]2CCN(C(=O)CC3=CSC4=NCCCN34)C2)n1. The van der Waals surface area contributed by atoms with E-state index < -0.39 is 0 Å². The van der Waals surface area contributed by atoms with Gasteiger partial charge in [0.05, 0.1) is 18.2 Å². The number of amides is 1. The van der Waals surface area contributed by atoms with Crippen LogP contribution in [0.15, 0.2) is 22.2 Å². The third-order valence-corrected chi connectivity index (χ3v) is 5.85. The van der Waals surface area contributed by atoms with E-state index >= 15 is 0 Å². The molecule has 6 nitrogen and oxygen atoms in total. The summed E-state index contributed by atoms with van der Waals surface area (Å²) in [6.07, 6.45) is 2.53. The number of carbonyl (C=O) groups is 1. The maximum absolute atomic E-state index is 12.7. The largest absolute Gasteiger partial charge is 0.340 e. The van der Waals surface area contributed by atoms with Crippen molar-refractivity contribution in [2.45, 2.75) is 39.2 Å². The lowest BCUT2D eigenvalue weighted by molar-refractivity contribution is -0.129. The molecule has 7 heteroatoms. The predicted molar refractivity (Wildman–Crippen MR) is 95.9 cm³/mol. The Morgan fingerprint density at radius 2 is 2.25 bits per heavy atom. The van der Waals surface area contributed by atoms with E-state index in [9.17, 15) is 4.79 Å². The molecule has 1 saturated heterocycles. The quantitative estimate of drug-likeness (QED) is 0.844. The van der Waals surface area contributed by atoms with Gasteiger partial charge in [0.1, 0.15) is 0 Å². The van der Waals surface area contributed by atoms with Crippen molar-refractivity contribution in [1.82, 2.24) is 19.6 Å². The van der Waals surface area contributed by atoms with Crippen LogP contribution in [0.4, 0.5) is 0 Å². The maximum Gasteiger partial charge on any atom is 0.228 e. The Bertz CT molecular complexity index is 723. The molecule has 0 aromatic carbocycles. The Morgan fingerprint density at radius 3 is 3.04 bits per heavy atom. The van der Waals surface area contributed by atoms with Gasteiger partial charge in [-0.05, 0) is 38.2 Å². The van der Waals surface area contributed by atoms with Crippen LogP contribution in [0, 0.1) is 13.8 Å². The number of aliphatic imine (C=N–C) groups is 1. The molecule has 0 N–H and O–H groups in total. The summed E-state index contributed by atoms with van der Waals surface area (Å²) in [5, 5.41) is 7.74. The predicted octanol–water partition coefficient (Wildman–Crippen LogP) is 2.31. The Hall–Kier alpha value is -1.76. The molecule has 4 heterocycles. The highest BCUT2D eigenvalue weighted by Gasteiger charge is 2.32. The van der Waals surface area contributed by atoms with Crippen molar-refractivity contribution in [3.05, 3.63) is 28.6 Å². The average Bonchev–Trinajstić information content (AvgIpc) is 3.26. The summed E-state index contributed by atoms with van der Waals surface area (Å²) >= 11 is 1.65. The highest BCUT2D eigenvalue weighted by Crippen LogP contribution is 2.32.